The minimum absolute atomic E-state index is 0.478. The number of rotatable bonds is 8. The van der Waals surface area contributed by atoms with E-state index in [0.29, 0.717) is 19.5 Å². The van der Waals surface area contributed by atoms with E-state index < -0.39 is 12.0 Å². The molecule has 0 spiro atoms. The molecule has 1 aromatic carbocycles. The van der Waals surface area contributed by atoms with E-state index in [-0.39, 0.29) is 0 Å². The van der Waals surface area contributed by atoms with Crippen molar-refractivity contribution in [1.29, 1.82) is 0 Å². The van der Waals surface area contributed by atoms with E-state index in [4.69, 9.17) is 16.6 Å². The van der Waals surface area contributed by atoms with Crippen molar-refractivity contribution in [2.75, 3.05) is 19.6 Å². The van der Waals surface area contributed by atoms with Crippen LogP contribution in [0.25, 0.3) is 0 Å². The molecule has 0 saturated heterocycles. The van der Waals surface area contributed by atoms with E-state index in [2.05, 4.69) is 12.2 Å². The smallest absolute Gasteiger partial charge is 0.321 e. The Kier molecular flexibility index (Phi) is 11.7. The van der Waals surface area contributed by atoms with Crippen LogP contribution in [-0.4, -0.2) is 36.8 Å². The molecule has 1 rings (SSSR count). The highest BCUT2D eigenvalue weighted by Gasteiger charge is 2.16. The summed E-state index contributed by atoms with van der Waals surface area (Å²) in [4.78, 5) is 11.0. The first-order valence-corrected chi connectivity index (χ1v) is 7.05. The van der Waals surface area contributed by atoms with Gasteiger partial charge in [0.1, 0.15) is 6.04 Å². The largest absolute Gasteiger partial charge is 0.480 e. The van der Waals surface area contributed by atoms with E-state index in [1.54, 1.807) is 0 Å². The number of unbranched alkanes of at least 4 members (excludes halogenated alkanes) is 1. The monoisotopic (exact) mass is 281 g/mol. The number of carboxylic acid groups (broad SMARTS) is 1. The SMILES string of the molecule is CCCCNC(Cc1ccccc1)C(=O)O.NCCN. The molecule has 1 atom stereocenters. The molecule has 0 fully saturated rings. The van der Waals surface area contributed by atoms with Crippen LogP contribution in [0.15, 0.2) is 30.3 Å². The molecule has 0 amide bonds. The molecule has 0 saturated carbocycles. The Labute approximate surface area is 121 Å². The third kappa shape index (κ3) is 9.49. The fraction of sp³-hybridized carbons (Fsp3) is 0.533. The van der Waals surface area contributed by atoms with Crippen molar-refractivity contribution in [3.8, 4) is 0 Å². The first-order valence-electron chi connectivity index (χ1n) is 7.05. The maximum atomic E-state index is 11.0. The number of hydrogen-bond donors (Lipinski definition) is 4. The molecule has 0 bridgehead atoms. The first-order chi connectivity index (χ1) is 9.65. The van der Waals surface area contributed by atoms with Crippen molar-refractivity contribution in [3.05, 3.63) is 35.9 Å². The van der Waals surface area contributed by atoms with Crippen molar-refractivity contribution >= 4 is 5.97 Å². The zero-order valence-electron chi connectivity index (χ0n) is 12.2. The van der Waals surface area contributed by atoms with Crippen molar-refractivity contribution in [3.63, 3.8) is 0 Å². The Balaban J connectivity index is 0.000000796. The van der Waals surface area contributed by atoms with E-state index in [0.717, 1.165) is 24.9 Å². The molecule has 0 aliphatic carbocycles. The fourth-order valence-corrected chi connectivity index (χ4v) is 1.55. The van der Waals surface area contributed by atoms with Gasteiger partial charge in [-0.25, -0.2) is 0 Å². The maximum absolute atomic E-state index is 11.0. The highest BCUT2D eigenvalue weighted by atomic mass is 16.4. The van der Waals surface area contributed by atoms with E-state index >= 15 is 0 Å². The molecule has 5 nitrogen and oxygen atoms in total. The maximum Gasteiger partial charge on any atom is 0.321 e. The summed E-state index contributed by atoms with van der Waals surface area (Å²) < 4.78 is 0. The summed E-state index contributed by atoms with van der Waals surface area (Å²) in [5, 5.41) is 12.1. The topological polar surface area (TPSA) is 101 Å². The lowest BCUT2D eigenvalue weighted by Gasteiger charge is -2.14. The Morgan fingerprint density at radius 3 is 2.30 bits per heavy atom. The normalized spacial score (nSPS) is 11.3. The van der Waals surface area contributed by atoms with Gasteiger partial charge >= 0.3 is 5.97 Å². The second-order valence-electron chi connectivity index (χ2n) is 4.47. The molecule has 114 valence electrons. The van der Waals surface area contributed by atoms with Crippen LogP contribution in [0.4, 0.5) is 0 Å². The second-order valence-corrected chi connectivity index (χ2v) is 4.47. The summed E-state index contributed by atoms with van der Waals surface area (Å²) in [6.45, 7) is 4.05. The summed E-state index contributed by atoms with van der Waals surface area (Å²) >= 11 is 0. The van der Waals surface area contributed by atoms with Crippen LogP contribution in [0.1, 0.15) is 25.3 Å². The van der Waals surface area contributed by atoms with Crippen LogP contribution in [0, 0.1) is 0 Å². The molecule has 1 aromatic rings. The van der Waals surface area contributed by atoms with Gasteiger partial charge in [-0.05, 0) is 24.9 Å². The standard InChI is InChI=1S/C13H19NO2.C2H8N2/c1-2-3-9-14-12(13(15)16)10-11-7-5-4-6-8-11;3-1-2-4/h4-8,12,14H,2-3,9-10H2,1H3,(H,15,16);1-4H2. The lowest BCUT2D eigenvalue weighted by molar-refractivity contribution is -0.139. The number of carbonyl (C=O) groups is 1. The van der Waals surface area contributed by atoms with Crippen LogP contribution in [0.5, 0.6) is 0 Å². The molecule has 0 aromatic heterocycles. The Morgan fingerprint density at radius 1 is 1.25 bits per heavy atom. The summed E-state index contributed by atoms with van der Waals surface area (Å²) in [6.07, 6.45) is 2.63. The summed E-state index contributed by atoms with van der Waals surface area (Å²) in [5.41, 5.74) is 10.9. The van der Waals surface area contributed by atoms with Crippen molar-refractivity contribution in [2.45, 2.75) is 32.2 Å². The lowest BCUT2D eigenvalue weighted by atomic mass is 10.1. The van der Waals surface area contributed by atoms with Crippen LogP contribution in [0.3, 0.4) is 0 Å². The molecule has 6 N–H and O–H groups in total. The van der Waals surface area contributed by atoms with Gasteiger partial charge in [-0.3, -0.25) is 4.79 Å². The van der Waals surface area contributed by atoms with Gasteiger partial charge < -0.3 is 21.9 Å². The van der Waals surface area contributed by atoms with Crippen molar-refractivity contribution in [1.82, 2.24) is 5.32 Å². The molecule has 20 heavy (non-hydrogen) atoms. The number of aliphatic carboxylic acids is 1. The Morgan fingerprint density at radius 2 is 1.85 bits per heavy atom. The van der Waals surface area contributed by atoms with Crippen molar-refractivity contribution < 1.29 is 9.90 Å². The van der Waals surface area contributed by atoms with Gasteiger partial charge in [0.05, 0.1) is 0 Å². The molecule has 0 aliphatic heterocycles. The van der Waals surface area contributed by atoms with E-state index in [1.165, 1.54) is 0 Å². The average Bonchev–Trinajstić information content (AvgIpc) is 2.47. The molecule has 5 heteroatoms. The zero-order chi connectivity index (χ0) is 15.2. The summed E-state index contributed by atoms with van der Waals surface area (Å²) in [5.74, 6) is -0.778. The summed E-state index contributed by atoms with van der Waals surface area (Å²) in [6, 6.07) is 9.23. The molecule has 1 unspecified atom stereocenters. The van der Waals surface area contributed by atoms with Gasteiger partial charge in [-0.1, -0.05) is 43.7 Å². The minimum atomic E-state index is -0.778. The predicted octanol–water partition coefficient (Wildman–Crippen LogP) is 0.976. The van der Waals surface area contributed by atoms with Crippen LogP contribution in [-0.2, 0) is 11.2 Å². The van der Waals surface area contributed by atoms with Crippen LogP contribution >= 0.6 is 0 Å². The average molecular weight is 281 g/mol. The van der Waals surface area contributed by atoms with Crippen LogP contribution in [0.2, 0.25) is 0 Å². The van der Waals surface area contributed by atoms with Gasteiger partial charge in [0.2, 0.25) is 0 Å². The summed E-state index contributed by atoms with van der Waals surface area (Å²) in [7, 11) is 0. The van der Waals surface area contributed by atoms with Gasteiger partial charge in [-0.15, -0.1) is 0 Å². The third-order valence-corrected chi connectivity index (χ3v) is 2.67. The number of nitrogens with one attached hydrogen (secondary N) is 1. The van der Waals surface area contributed by atoms with Crippen LogP contribution < -0.4 is 16.8 Å². The van der Waals surface area contributed by atoms with E-state index in [9.17, 15) is 4.79 Å². The lowest BCUT2D eigenvalue weighted by Crippen LogP contribution is -2.39. The highest BCUT2D eigenvalue weighted by Crippen LogP contribution is 2.03. The Bertz CT molecular complexity index is 342. The fourth-order valence-electron chi connectivity index (χ4n) is 1.55. The molecular weight excluding hydrogens is 254 g/mol. The quantitative estimate of drug-likeness (QED) is 0.532. The van der Waals surface area contributed by atoms with Gasteiger partial charge in [0.15, 0.2) is 0 Å². The third-order valence-electron chi connectivity index (χ3n) is 2.67. The van der Waals surface area contributed by atoms with E-state index in [1.807, 2.05) is 30.3 Å². The van der Waals surface area contributed by atoms with Crippen molar-refractivity contribution in [2.24, 2.45) is 11.5 Å². The Hall–Kier alpha value is -1.43. The molecule has 0 aliphatic rings. The number of nitrogens with two attached hydrogens (primary N) is 2. The number of hydrogen-bond acceptors (Lipinski definition) is 4. The van der Waals surface area contributed by atoms with Gasteiger partial charge in [0.25, 0.3) is 0 Å². The highest BCUT2D eigenvalue weighted by molar-refractivity contribution is 5.73. The number of carboxylic acids is 1. The zero-order valence-corrected chi connectivity index (χ0v) is 12.2. The first kappa shape index (κ1) is 18.6. The van der Waals surface area contributed by atoms with Gasteiger partial charge in [0, 0.05) is 13.1 Å². The molecule has 0 radical (unpaired) electrons. The molecule has 0 heterocycles. The molecular formula is C15H27N3O2. The second kappa shape index (κ2) is 12.6. The number of benzene rings is 1. The minimum Gasteiger partial charge on any atom is -0.480 e. The van der Waals surface area contributed by atoms with Gasteiger partial charge in [-0.2, -0.15) is 0 Å². The predicted molar refractivity (Wildman–Crippen MR) is 82.6 cm³/mol.